The Morgan fingerprint density at radius 1 is 1.47 bits per heavy atom. The Morgan fingerprint density at radius 3 is 2.40 bits per heavy atom. The fourth-order valence-electron chi connectivity index (χ4n) is 1.11. The minimum absolute atomic E-state index is 0.112. The lowest BCUT2D eigenvalue weighted by atomic mass is 10.3. The quantitative estimate of drug-likeness (QED) is 0.287. The van der Waals surface area contributed by atoms with Crippen molar-refractivity contribution in [3.05, 3.63) is 0 Å². The molecule has 0 aromatic heterocycles. The van der Waals surface area contributed by atoms with E-state index in [0.29, 0.717) is 17.4 Å². The van der Waals surface area contributed by atoms with Gasteiger partial charge in [0.2, 0.25) is 6.41 Å². The van der Waals surface area contributed by atoms with E-state index in [4.69, 9.17) is 5.11 Å². The lowest BCUT2D eigenvalue weighted by Gasteiger charge is -2.27. The molecule has 0 heterocycles. The number of amides is 1. The van der Waals surface area contributed by atoms with Gasteiger partial charge in [-0.2, -0.15) is 0 Å². The summed E-state index contributed by atoms with van der Waals surface area (Å²) in [6, 6.07) is 0. The highest BCUT2D eigenvalue weighted by atomic mass is 16.4. The smallest absolute Gasteiger partial charge is 0.359 e. The first-order valence-corrected chi connectivity index (χ1v) is 4.76. The highest BCUT2D eigenvalue weighted by Gasteiger charge is 2.18. The summed E-state index contributed by atoms with van der Waals surface area (Å²) in [4.78, 5) is 20.3. The van der Waals surface area contributed by atoms with E-state index in [1.54, 1.807) is 0 Å². The van der Waals surface area contributed by atoms with Crippen molar-refractivity contribution in [2.24, 2.45) is 5.73 Å². The number of nitrogens with two attached hydrogens (primary N) is 1. The molecule has 0 aromatic carbocycles. The van der Waals surface area contributed by atoms with Gasteiger partial charge < -0.3 is 20.6 Å². The second-order valence-corrected chi connectivity index (χ2v) is 3.64. The summed E-state index contributed by atoms with van der Waals surface area (Å²) in [6.07, 6.45) is 1.44. The molecule has 0 saturated heterocycles. The molecule has 4 N–H and O–H groups in total. The van der Waals surface area contributed by atoms with Crippen LogP contribution in [-0.4, -0.2) is 62.7 Å². The van der Waals surface area contributed by atoms with Gasteiger partial charge in [-0.1, -0.05) is 0 Å². The lowest BCUT2D eigenvalue weighted by Crippen LogP contribution is -2.45. The number of nitrogens with one attached hydrogen (secondary N) is 1. The van der Waals surface area contributed by atoms with Crippen LogP contribution in [0.1, 0.15) is 6.42 Å². The predicted molar refractivity (Wildman–Crippen MR) is 58.3 cm³/mol. The van der Waals surface area contributed by atoms with Gasteiger partial charge in [0.1, 0.15) is 0 Å². The maximum atomic E-state index is 10.4. The second kappa shape index (κ2) is 9.42. The third-order valence-corrected chi connectivity index (χ3v) is 1.73. The summed E-state index contributed by atoms with van der Waals surface area (Å²) in [6.45, 7) is 1.46. The zero-order valence-electron chi connectivity index (χ0n) is 9.69. The molecule has 0 aromatic rings. The number of quaternary nitrogens is 1. The van der Waals surface area contributed by atoms with E-state index in [1.165, 1.54) is 7.05 Å². The summed E-state index contributed by atoms with van der Waals surface area (Å²) in [5.74, 6) is -0.798. The van der Waals surface area contributed by atoms with E-state index >= 15 is 0 Å². The summed E-state index contributed by atoms with van der Waals surface area (Å²) in [5.41, 5.74) is 4.50. The number of likely N-dealkylation sites (N-methyl/N-ethyl adjacent to an activating group) is 1. The standard InChI is InChI=1S/C8H16N2O3.CH5N/c1-10(2,6-8(12)13)5-3-4-9-7-11;1-2/h7H,3-6H2,1-2H3,(H-,9,11,12,13);2H2,1H3/p+1. The highest BCUT2D eigenvalue weighted by molar-refractivity contribution is 5.67. The molecule has 0 bridgehead atoms. The van der Waals surface area contributed by atoms with Gasteiger partial charge in [-0.3, -0.25) is 4.79 Å². The van der Waals surface area contributed by atoms with Crippen molar-refractivity contribution in [3.8, 4) is 0 Å². The molecule has 0 fully saturated rings. The Labute approximate surface area is 90.6 Å². The number of hydrogen-bond acceptors (Lipinski definition) is 3. The molecule has 0 rings (SSSR count). The maximum Gasteiger partial charge on any atom is 0.359 e. The molecule has 15 heavy (non-hydrogen) atoms. The van der Waals surface area contributed by atoms with Crippen LogP contribution in [-0.2, 0) is 9.59 Å². The summed E-state index contributed by atoms with van der Waals surface area (Å²) >= 11 is 0. The Kier molecular flexibility index (Phi) is 10.2. The molecule has 0 aliphatic carbocycles. The van der Waals surface area contributed by atoms with Crippen LogP contribution in [0.4, 0.5) is 0 Å². The Hall–Kier alpha value is -1.14. The van der Waals surface area contributed by atoms with Gasteiger partial charge in [0.25, 0.3) is 0 Å². The van der Waals surface area contributed by atoms with E-state index in [0.717, 1.165) is 13.0 Å². The number of hydrogen-bond donors (Lipinski definition) is 3. The molecular weight excluding hydrogens is 198 g/mol. The zero-order valence-corrected chi connectivity index (χ0v) is 9.69. The minimum atomic E-state index is -0.798. The minimum Gasteiger partial charge on any atom is -0.477 e. The molecule has 0 spiro atoms. The maximum absolute atomic E-state index is 10.4. The molecule has 0 atom stereocenters. The average Bonchev–Trinajstić information content (AvgIpc) is 2.14. The monoisotopic (exact) mass is 220 g/mol. The predicted octanol–water partition coefficient (Wildman–Crippen LogP) is -1.14. The largest absolute Gasteiger partial charge is 0.477 e. The molecular formula is C9H22N3O3+. The van der Waals surface area contributed by atoms with Crippen LogP contribution in [0.15, 0.2) is 0 Å². The summed E-state index contributed by atoms with van der Waals surface area (Å²) in [7, 11) is 5.21. The van der Waals surface area contributed by atoms with Gasteiger partial charge in [0.15, 0.2) is 6.54 Å². The van der Waals surface area contributed by atoms with Gasteiger partial charge in [-0.25, -0.2) is 4.79 Å². The number of rotatable bonds is 7. The number of aliphatic carboxylic acids is 1. The first-order chi connectivity index (χ1) is 6.98. The van der Waals surface area contributed by atoms with E-state index in [1.807, 2.05) is 14.1 Å². The van der Waals surface area contributed by atoms with Crippen LogP contribution >= 0.6 is 0 Å². The van der Waals surface area contributed by atoms with Crippen molar-refractivity contribution in [1.29, 1.82) is 0 Å². The van der Waals surface area contributed by atoms with E-state index in [9.17, 15) is 9.59 Å². The number of carboxylic acids is 1. The summed E-state index contributed by atoms with van der Waals surface area (Å²) in [5, 5.41) is 11.1. The molecule has 6 nitrogen and oxygen atoms in total. The van der Waals surface area contributed by atoms with Gasteiger partial charge in [0.05, 0.1) is 20.6 Å². The van der Waals surface area contributed by atoms with Crippen molar-refractivity contribution in [2.45, 2.75) is 6.42 Å². The van der Waals surface area contributed by atoms with Crippen molar-refractivity contribution >= 4 is 12.4 Å². The van der Waals surface area contributed by atoms with Crippen LogP contribution in [0.2, 0.25) is 0 Å². The van der Waals surface area contributed by atoms with Crippen LogP contribution in [0, 0.1) is 0 Å². The first kappa shape index (κ1) is 16.3. The molecule has 1 amide bonds. The number of carboxylic acid groups (broad SMARTS) is 1. The van der Waals surface area contributed by atoms with Crippen molar-refractivity contribution in [1.82, 2.24) is 5.32 Å². The first-order valence-electron chi connectivity index (χ1n) is 4.76. The highest BCUT2D eigenvalue weighted by Crippen LogP contribution is 1.97. The molecule has 0 aliphatic rings. The van der Waals surface area contributed by atoms with Crippen LogP contribution < -0.4 is 11.1 Å². The van der Waals surface area contributed by atoms with Gasteiger partial charge in [-0.05, 0) is 7.05 Å². The Morgan fingerprint density at radius 2 is 2.00 bits per heavy atom. The topological polar surface area (TPSA) is 92.4 Å². The molecule has 90 valence electrons. The van der Waals surface area contributed by atoms with Crippen LogP contribution in [0.5, 0.6) is 0 Å². The normalized spacial score (nSPS) is 9.87. The van der Waals surface area contributed by atoms with Crippen molar-refractivity contribution in [3.63, 3.8) is 0 Å². The van der Waals surface area contributed by atoms with E-state index in [2.05, 4.69) is 11.1 Å². The average molecular weight is 220 g/mol. The summed E-state index contributed by atoms with van der Waals surface area (Å²) < 4.78 is 0.440. The number of carbonyl (C=O) groups excluding carboxylic acids is 1. The molecule has 0 radical (unpaired) electrons. The van der Waals surface area contributed by atoms with Crippen molar-refractivity contribution < 1.29 is 19.2 Å². The van der Waals surface area contributed by atoms with Crippen molar-refractivity contribution in [2.75, 3.05) is 40.8 Å². The van der Waals surface area contributed by atoms with Crippen LogP contribution in [0.25, 0.3) is 0 Å². The van der Waals surface area contributed by atoms with Gasteiger partial charge in [0, 0.05) is 13.0 Å². The Balaban J connectivity index is 0. The van der Waals surface area contributed by atoms with Gasteiger partial charge >= 0.3 is 5.97 Å². The third kappa shape index (κ3) is 12.9. The van der Waals surface area contributed by atoms with E-state index < -0.39 is 5.97 Å². The molecule has 0 saturated carbocycles. The van der Waals surface area contributed by atoms with Crippen LogP contribution in [0.3, 0.4) is 0 Å². The molecule has 6 heteroatoms. The SMILES string of the molecule is CN.C[N+](C)(CCCNC=O)CC(=O)O. The molecule has 0 unspecified atom stereocenters. The fourth-order valence-corrected chi connectivity index (χ4v) is 1.11. The van der Waals surface area contributed by atoms with Gasteiger partial charge in [-0.15, -0.1) is 0 Å². The third-order valence-electron chi connectivity index (χ3n) is 1.73. The molecule has 0 aliphatic heterocycles. The number of carbonyl (C=O) groups is 2. The zero-order chi connectivity index (χ0) is 12.3. The Bertz CT molecular complexity index is 183. The lowest BCUT2D eigenvalue weighted by molar-refractivity contribution is -0.883. The fraction of sp³-hybridized carbons (Fsp3) is 0.778. The number of nitrogens with zero attached hydrogens (tertiary/aromatic N) is 1. The second-order valence-electron chi connectivity index (χ2n) is 3.64. The van der Waals surface area contributed by atoms with E-state index in [-0.39, 0.29) is 6.54 Å².